The number of nitrogens with one attached hydrogen (secondary N) is 1. The zero-order chi connectivity index (χ0) is 20.1. The van der Waals surface area contributed by atoms with E-state index in [2.05, 4.69) is 9.97 Å². The fraction of sp³-hybridized carbons (Fsp3) is 0.368. The van der Waals surface area contributed by atoms with Crippen LogP contribution in [0.1, 0.15) is 12.5 Å². The molecule has 0 spiro atoms. The normalized spacial score (nSPS) is 14.1. The Balaban J connectivity index is 1.61. The Labute approximate surface area is 167 Å². The van der Waals surface area contributed by atoms with Gasteiger partial charge in [-0.1, -0.05) is 11.6 Å². The molecule has 1 fully saturated rings. The van der Waals surface area contributed by atoms with Gasteiger partial charge in [-0.3, -0.25) is 9.59 Å². The van der Waals surface area contributed by atoms with Crippen LogP contribution in [0.3, 0.4) is 0 Å². The quantitative estimate of drug-likeness (QED) is 0.840. The van der Waals surface area contributed by atoms with E-state index in [4.69, 9.17) is 16.3 Å². The van der Waals surface area contributed by atoms with Gasteiger partial charge in [0.1, 0.15) is 5.82 Å². The number of carbonyl (C=O) groups is 2. The fourth-order valence-corrected chi connectivity index (χ4v) is 3.06. The molecule has 3 rings (SSSR count). The topological polar surface area (TPSA) is 95.6 Å². The van der Waals surface area contributed by atoms with Crippen molar-refractivity contribution < 1.29 is 14.3 Å². The minimum Gasteiger partial charge on any atom is -0.450 e. The van der Waals surface area contributed by atoms with E-state index in [-0.39, 0.29) is 24.0 Å². The molecule has 1 aromatic carbocycles. The summed E-state index contributed by atoms with van der Waals surface area (Å²) in [5.74, 6) is 0.246. The lowest BCUT2D eigenvalue weighted by Crippen LogP contribution is -2.51. The highest BCUT2D eigenvalue weighted by Crippen LogP contribution is 2.17. The minimum atomic E-state index is -0.368. The van der Waals surface area contributed by atoms with Crippen molar-refractivity contribution in [3.63, 3.8) is 0 Å². The van der Waals surface area contributed by atoms with Crippen LogP contribution in [-0.4, -0.2) is 64.6 Å². The number of aromatic nitrogens is 2. The molecular weight excluding hydrogens is 384 g/mol. The van der Waals surface area contributed by atoms with Gasteiger partial charge in [0, 0.05) is 48.5 Å². The van der Waals surface area contributed by atoms with Gasteiger partial charge in [0.15, 0.2) is 0 Å². The maximum Gasteiger partial charge on any atom is 0.409 e. The molecule has 28 heavy (non-hydrogen) atoms. The number of rotatable bonds is 4. The lowest BCUT2D eigenvalue weighted by Gasteiger charge is -2.34. The molecule has 2 aromatic rings. The number of amides is 2. The summed E-state index contributed by atoms with van der Waals surface area (Å²) in [7, 11) is 0. The molecule has 0 bridgehead atoms. The molecule has 0 atom stereocenters. The van der Waals surface area contributed by atoms with Crippen molar-refractivity contribution in [2.75, 3.05) is 32.8 Å². The maximum absolute atomic E-state index is 12.5. The first-order valence-corrected chi connectivity index (χ1v) is 9.39. The van der Waals surface area contributed by atoms with Crippen LogP contribution in [0.2, 0.25) is 5.02 Å². The molecule has 2 amide bonds. The van der Waals surface area contributed by atoms with Crippen molar-refractivity contribution in [2.24, 2.45) is 0 Å². The number of carbonyl (C=O) groups excluding carboxylic acids is 2. The summed E-state index contributed by atoms with van der Waals surface area (Å²) in [6, 6.07) is 6.94. The van der Waals surface area contributed by atoms with Gasteiger partial charge in [-0.15, -0.1) is 0 Å². The van der Waals surface area contributed by atoms with Crippen molar-refractivity contribution >= 4 is 23.6 Å². The van der Waals surface area contributed by atoms with Crippen LogP contribution in [0.5, 0.6) is 0 Å². The van der Waals surface area contributed by atoms with E-state index in [0.717, 1.165) is 5.56 Å². The number of halogens is 1. The zero-order valence-corrected chi connectivity index (χ0v) is 16.2. The summed E-state index contributed by atoms with van der Waals surface area (Å²) in [6.07, 6.45) is 1.02. The highest BCUT2D eigenvalue weighted by Gasteiger charge is 2.25. The molecule has 1 saturated heterocycles. The largest absolute Gasteiger partial charge is 0.450 e. The number of nitrogens with zero attached hydrogens (tertiary/aromatic N) is 3. The van der Waals surface area contributed by atoms with Gasteiger partial charge in [0.05, 0.1) is 13.0 Å². The SMILES string of the molecule is CCOC(=O)N1CCN(C(=O)Cc2cnc(-c3ccc(Cl)cc3)[nH]c2=O)CC1. The van der Waals surface area contributed by atoms with Gasteiger partial charge in [0.2, 0.25) is 5.91 Å². The second-order valence-corrected chi connectivity index (χ2v) is 6.77. The molecule has 148 valence electrons. The number of H-pyrrole nitrogens is 1. The van der Waals surface area contributed by atoms with Gasteiger partial charge in [-0.2, -0.15) is 0 Å². The predicted octanol–water partition coefficient (Wildman–Crippen LogP) is 1.93. The van der Waals surface area contributed by atoms with Gasteiger partial charge >= 0.3 is 6.09 Å². The average Bonchev–Trinajstić information content (AvgIpc) is 2.70. The lowest BCUT2D eigenvalue weighted by molar-refractivity contribution is -0.132. The van der Waals surface area contributed by atoms with Gasteiger partial charge < -0.3 is 19.5 Å². The van der Waals surface area contributed by atoms with Crippen molar-refractivity contribution in [1.82, 2.24) is 19.8 Å². The Morgan fingerprint density at radius 1 is 1.14 bits per heavy atom. The minimum absolute atomic E-state index is 0.0391. The van der Waals surface area contributed by atoms with Crippen LogP contribution >= 0.6 is 11.6 Å². The second kappa shape index (κ2) is 8.88. The molecule has 9 heteroatoms. The van der Waals surface area contributed by atoms with Crippen LogP contribution in [0.4, 0.5) is 4.79 Å². The van der Waals surface area contributed by atoms with E-state index in [0.29, 0.717) is 49.2 Å². The molecule has 1 aromatic heterocycles. The average molecular weight is 405 g/mol. The number of aromatic amines is 1. The number of hydrogen-bond donors (Lipinski definition) is 1. The summed E-state index contributed by atoms with van der Waals surface area (Å²) in [4.78, 5) is 46.8. The summed E-state index contributed by atoms with van der Waals surface area (Å²) in [5, 5.41) is 0.594. The first kappa shape index (κ1) is 19.9. The summed E-state index contributed by atoms with van der Waals surface area (Å²) >= 11 is 5.87. The second-order valence-electron chi connectivity index (χ2n) is 6.34. The monoisotopic (exact) mass is 404 g/mol. The van der Waals surface area contributed by atoms with Crippen LogP contribution < -0.4 is 5.56 Å². The molecule has 0 radical (unpaired) electrons. The molecule has 1 aliphatic heterocycles. The van der Waals surface area contributed by atoms with Crippen LogP contribution in [0, 0.1) is 0 Å². The molecule has 8 nitrogen and oxygen atoms in total. The van der Waals surface area contributed by atoms with E-state index in [1.165, 1.54) is 6.20 Å². The number of benzene rings is 1. The van der Waals surface area contributed by atoms with Gasteiger partial charge in [-0.25, -0.2) is 9.78 Å². The third-order valence-electron chi connectivity index (χ3n) is 4.49. The molecule has 1 N–H and O–H groups in total. The standard InChI is InChI=1S/C19H21ClN4O4/c1-2-28-19(27)24-9-7-23(8-10-24)16(25)11-14-12-21-17(22-18(14)26)13-3-5-15(20)6-4-13/h3-6,12H,2,7-11H2,1H3,(H,21,22,26). The lowest BCUT2D eigenvalue weighted by atomic mass is 10.2. The predicted molar refractivity (Wildman–Crippen MR) is 104 cm³/mol. The van der Waals surface area contributed by atoms with Crippen molar-refractivity contribution in [2.45, 2.75) is 13.3 Å². The molecule has 0 saturated carbocycles. The van der Waals surface area contributed by atoms with E-state index >= 15 is 0 Å². The number of piperazine rings is 1. The first-order valence-electron chi connectivity index (χ1n) is 9.01. The summed E-state index contributed by atoms with van der Waals surface area (Å²) < 4.78 is 4.97. The van der Waals surface area contributed by atoms with Gasteiger partial charge in [0.25, 0.3) is 5.56 Å². The summed E-state index contributed by atoms with van der Waals surface area (Å²) in [5.41, 5.74) is 0.684. The fourth-order valence-electron chi connectivity index (χ4n) is 2.93. The third-order valence-corrected chi connectivity index (χ3v) is 4.74. The molecule has 2 heterocycles. The molecule has 0 unspecified atom stereocenters. The Bertz CT molecular complexity index is 905. The smallest absolute Gasteiger partial charge is 0.409 e. The Morgan fingerprint density at radius 3 is 2.39 bits per heavy atom. The Morgan fingerprint density at radius 2 is 1.79 bits per heavy atom. The first-order chi connectivity index (χ1) is 13.5. The third kappa shape index (κ3) is 4.69. The summed E-state index contributed by atoms with van der Waals surface area (Å²) in [6.45, 7) is 3.71. The van der Waals surface area contributed by atoms with Crippen LogP contribution in [0.25, 0.3) is 11.4 Å². The maximum atomic E-state index is 12.5. The number of ether oxygens (including phenoxy) is 1. The van der Waals surface area contributed by atoms with E-state index in [1.54, 1.807) is 41.0 Å². The Kier molecular flexibility index (Phi) is 6.30. The molecule has 0 aliphatic carbocycles. The van der Waals surface area contributed by atoms with E-state index in [1.807, 2.05) is 0 Å². The van der Waals surface area contributed by atoms with Crippen LogP contribution in [0.15, 0.2) is 35.3 Å². The molecule has 1 aliphatic rings. The Hall–Kier alpha value is -2.87. The zero-order valence-electron chi connectivity index (χ0n) is 15.5. The van der Waals surface area contributed by atoms with Crippen molar-refractivity contribution in [3.05, 3.63) is 51.4 Å². The molecular formula is C19H21ClN4O4. The number of hydrogen-bond acceptors (Lipinski definition) is 5. The van der Waals surface area contributed by atoms with Crippen molar-refractivity contribution in [3.8, 4) is 11.4 Å². The van der Waals surface area contributed by atoms with Gasteiger partial charge in [-0.05, 0) is 31.2 Å². The van der Waals surface area contributed by atoms with E-state index in [9.17, 15) is 14.4 Å². The highest BCUT2D eigenvalue weighted by molar-refractivity contribution is 6.30. The highest BCUT2D eigenvalue weighted by atomic mass is 35.5. The van der Waals surface area contributed by atoms with E-state index < -0.39 is 0 Å². The van der Waals surface area contributed by atoms with Crippen LogP contribution in [-0.2, 0) is 16.0 Å². The van der Waals surface area contributed by atoms with Crippen molar-refractivity contribution in [1.29, 1.82) is 0 Å².